The summed E-state index contributed by atoms with van der Waals surface area (Å²) in [4.78, 5) is 21.9. The number of carbonyl (C=O) groups is 2. The van der Waals surface area contributed by atoms with Gasteiger partial charge in [0.15, 0.2) is 0 Å². The topological polar surface area (TPSA) is 63.6 Å². The molecule has 1 N–H and O–H groups in total. The minimum absolute atomic E-state index is 0.141. The average molecular weight is 405 g/mol. The van der Waals surface area contributed by atoms with Crippen LogP contribution >= 0.6 is 0 Å². The SMILES string of the molecule is C[C@H](CCC(=O)O)[C@H]1CC[C@H]2[C@@H]3CC[C@@H]4C[C@H](OC=O)CC[C@]4(C)[C@@H]3CC[C@]12C. The quantitative estimate of drug-likeness (QED) is 0.578. The summed E-state index contributed by atoms with van der Waals surface area (Å²) in [5.41, 5.74) is 0.820. The maximum Gasteiger partial charge on any atom is 0.303 e. The van der Waals surface area contributed by atoms with Crippen LogP contribution in [-0.2, 0) is 14.3 Å². The van der Waals surface area contributed by atoms with Crippen LogP contribution in [0.2, 0.25) is 0 Å². The fourth-order valence-electron chi connectivity index (χ4n) is 8.95. The average Bonchev–Trinajstić information content (AvgIpc) is 3.04. The summed E-state index contributed by atoms with van der Waals surface area (Å²) >= 11 is 0. The molecule has 4 fully saturated rings. The Bertz CT molecular complexity index is 632. The highest BCUT2D eigenvalue weighted by Gasteiger charge is 2.60. The van der Waals surface area contributed by atoms with Crippen LogP contribution in [0.4, 0.5) is 0 Å². The number of ether oxygens (including phenoxy) is 1. The molecule has 0 aromatic rings. The van der Waals surface area contributed by atoms with Crippen molar-refractivity contribution in [3.8, 4) is 0 Å². The Morgan fingerprint density at radius 1 is 1.07 bits per heavy atom. The van der Waals surface area contributed by atoms with Crippen molar-refractivity contribution >= 4 is 12.4 Å². The summed E-state index contributed by atoms with van der Waals surface area (Å²) in [6, 6.07) is 0. The summed E-state index contributed by atoms with van der Waals surface area (Å²) < 4.78 is 5.36. The first-order chi connectivity index (χ1) is 13.8. The minimum Gasteiger partial charge on any atom is -0.481 e. The third-order valence-corrected chi connectivity index (χ3v) is 10.4. The van der Waals surface area contributed by atoms with E-state index in [4.69, 9.17) is 9.84 Å². The molecule has 9 atom stereocenters. The first kappa shape index (κ1) is 21.2. The van der Waals surface area contributed by atoms with Crippen molar-refractivity contribution in [3.05, 3.63) is 0 Å². The molecular weight excluding hydrogens is 364 g/mol. The van der Waals surface area contributed by atoms with Gasteiger partial charge in [-0.05, 0) is 111 Å². The molecule has 0 bridgehead atoms. The summed E-state index contributed by atoms with van der Waals surface area (Å²) in [5, 5.41) is 9.12. The van der Waals surface area contributed by atoms with Crippen LogP contribution in [0.25, 0.3) is 0 Å². The van der Waals surface area contributed by atoms with E-state index in [1.54, 1.807) is 0 Å². The van der Waals surface area contributed by atoms with E-state index in [1.165, 1.54) is 44.9 Å². The fourth-order valence-corrected chi connectivity index (χ4v) is 8.95. The van der Waals surface area contributed by atoms with E-state index in [0.717, 1.165) is 37.0 Å². The van der Waals surface area contributed by atoms with Gasteiger partial charge in [-0.15, -0.1) is 0 Å². The lowest BCUT2D eigenvalue weighted by Crippen LogP contribution is -2.54. The highest BCUT2D eigenvalue weighted by atomic mass is 16.5. The maximum absolute atomic E-state index is 11.1. The Labute approximate surface area is 176 Å². The molecule has 0 saturated heterocycles. The number of carboxylic acid groups (broad SMARTS) is 1. The highest BCUT2D eigenvalue weighted by Crippen LogP contribution is 2.68. The van der Waals surface area contributed by atoms with Gasteiger partial charge in [0.05, 0.1) is 0 Å². The fraction of sp³-hybridized carbons (Fsp3) is 0.920. The zero-order chi connectivity index (χ0) is 20.8. The summed E-state index contributed by atoms with van der Waals surface area (Å²) in [5.74, 6) is 3.75. The Morgan fingerprint density at radius 3 is 2.52 bits per heavy atom. The molecule has 0 spiro atoms. The second-order valence-corrected chi connectivity index (χ2v) is 11.4. The molecular formula is C25H40O4. The molecule has 29 heavy (non-hydrogen) atoms. The normalized spacial score (nSPS) is 47.4. The van der Waals surface area contributed by atoms with Gasteiger partial charge in [0.2, 0.25) is 0 Å². The van der Waals surface area contributed by atoms with Crippen molar-refractivity contribution in [1.82, 2.24) is 0 Å². The van der Waals surface area contributed by atoms with Gasteiger partial charge in [-0.2, -0.15) is 0 Å². The Morgan fingerprint density at radius 2 is 1.79 bits per heavy atom. The van der Waals surface area contributed by atoms with E-state index in [0.29, 0.717) is 41.5 Å². The number of hydrogen-bond acceptors (Lipinski definition) is 3. The molecule has 4 heteroatoms. The third kappa shape index (κ3) is 3.53. The van der Waals surface area contributed by atoms with Crippen molar-refractivity contribution < 1.29 is 19.4 Å². The number of aliphatic carboxylic acids is 1. The van der Waals surface area contributed by atoms with E-state index in [9.17, 15) is 9.59 Å². The van der Waals surface area contributed by atoms with E-state index < -0.39 is 5.97 Å². The third-order valence-electron chi connectivity index (χ3n) is 10.4. The molecule has 0 aliphatic heterocycles. The van der Waals surface area contributed by atoms with Crippen LogP contribution in [0.15, 0.2) is 0 Å². The molecule has 0 amide bonds. The van der Waals surface area contributed by atoms with Crippen LogP contribution in [0, 0.1) is 46.3 Å². The van der Waals surface area contributed by atoms with Crippen LogP contribution in [0.1, 0.15) is 91.4 Å². The molecule has 4 nitrogen and oxygen atoms in total. The van der Waals surface area contributed by atoms with E-state index in [-0.39, 0.29) is 6.10 Å². The van der Waals surface area contributed by atoms with Crippen molar-refractivity contribution in [2.24, 2.45) is 46.3 Å². The number of carboxylic acids is 1. The molecule has 0 radical (unpaired) electrons. The predicted octanol–water partition coefficient (Wildman–Crippen LogP) is 5.69. The molecule has 0 unspecified atom stereocenters. The van der Waals surface area contributed by atoms with Gasteiger partial charge >= 0.3 is 5.97 Å². The molecule has 164 valence electrons. The number of carbonyl (C=O) groups excluding carboxylic acids is 1. The zero-order valence-corrected chi connectivity index (χ0v) is 18.6. The van der Waals surface area contributed by atoms with Gasteiger partial charge in [-0.1, -0.05) is 20.8 Å². The Kier molecular flexibility index (Phi) is 5.76. The molecule has 4 aliphatic rings. The lowest BCUT2D eigenvalue weighted by molar-refractivity contribution is -0.151. The lowest BCUT2D eigenvalue weighted by atomic mass is 9.44. The van der Waals surface area contributed by atoms with E-state index in [2.05, 4.69) is 20.8 Å². The van der Waals surface area contributed by atoms with Gasteiger partial charge in [0.25, 0.3) is 6.47 Å². The van der Waals surface area contributed by atoms with Crippen molar-refractivity contribution in [3.63, 3.8) is 0 Å². The summed E-state index contributed by atoms with van der Waals surface area (Å²) in [6.07, 6.45) is 12.5. The van der Waals surface area contributed by atoms with Crippen LogP contribution in [0.3, 0.4) is 0 Å². The molecule has 0 heterocycles. The molecule has 0 aromatic carbocycles. The Hall–Kier alpha value is -1.06. The smallest absolute Gasteiger partial charge is 0.303 e. The zero-order valence-electron chi connectivity index (χ0n) is 18.6. The van der Waals surface area contributed by atoms with Gasteiger partial charge in [0, 0.05) is 6.42 Å². The van der Waals surface area contributed by atoms with Crippen LogP contribution < -0.4 is 0 Å². The van der Waals surface area contributed by atoms with Gasteiger partial charge < -0.3 is 9.84 Å². The second kappa shape index (κ2) is 7.89. The molecule has 4 saturated carbocycles. The second-order valence-electron chi connectivity index (χ2n) is 11.4. The monoisotopic (exact) mass is 404 g/mol. The first-order valence-corrected chi connectivity index (χ1v) is 12.1. The van der Waals surface area contributed by atoms with Gasteiger partial charge in [0.1, 0.15) is 6.10 Å². The summed E-state index contributed by atoms with van der Waals surface area (Å²) in [7, 11) is 0. The first-order valence-electron chi connectivity index (χ1n) is 12.1. The number of rotatable bonds is 6. The van der Waals surface area contributed by atoms with Crippen molar-refractivity contribution in [2.75, 3.05) is 0 Å². The van der Waals surface area contributed by atoms with Crippen LogP contribution in [-0.4, -0.2) is 23.7 Å². The van der Waals surface area contributed by atoms with Gasteiger partial charge in [-0.25, -0.2) is 0 Å². The molecule has 4 aliphatic carbocycles. The van der Waals surface area contributed by atoms with Crippen molar-refractivity contribution in [1.29, 1.82) is 0 Å². The maximum atomic E-state index is 11.1. The minimum atomic E-state index is -0.652. The lowest BCUT2D eigenvalue weighted by Gasteiger charge is -2.61. The van der Waals surface area contributed by atoms with Crippen LogP contribution in [0.5, 0.6) is 0 Å². The summed E-state index contributed by atoms with van der Waals surface area (Å²) in [6.45, 7) is 8.05. The van der Waals surface area contributed by atoms with Gasteiger partial charge in [-0.3, -0.25) is 9.59 Å². The Balaban J connectivity index is 1.48. The molecule has 0 aromatic heterocycles. The van der Waals surface area contributed by atoms with E-state index in [1.807, 2.05) is 0 Å². The van der Waals surface area contributed by atoms with E-state index >= 15 is 0 Å². The molecule has 4 rings (SSSR count). The predicted molar refractivity (Wildman–Crippen MR) is 112 cm³/mol. The largest absolute Gasteiger partial charge is 0.481 e. The van der Waals surface area contributed by atoms with Crippen molar-refractivity contribution in [2.45, 2.75) is 97.5 Å². The highest BCUT2D eigenvalue weighted by molar-refractivity contribution is 5.66. The standard InChI is InChI=1S/C25H40O4/c1-16(4-9-23(27)28)20-7-8-21-19-6-5-17-14-18(29-15-26)10-12-24(17,2)22(19)11-13-25(20,21)3/h15-22H,4-14H2,1-3H3,(H,27,28)/t16-,17-,18-,19+,20-,21+,22-,24+,25-/m1/s1. The number of fused-ring (bicyclic) bond motifs is 5. The number of hydrogen-bond donors (Lipinski definition) is 1.